The second kappa shape index (κ2) is 6.48. The highest BCUT2D eigenvalue weighted by Crippen LogP contribution is 2.34. The molecule has 0 spiro atoms. The zero-order valence-corrected chi connectivity index (χ0v) is 10.4. The van der Waals surface area contributed by atoms with Crippen molar-refractivity contribution in [2.24, 2.45) is 17.8 Å². The van der Waals surface area contributed by atoms with Gasteiger partial charge in [-0.15, -0.1) is 0 Å². The largest absolute Gasteiger partial charge is 0.0654 e. The fourth-order valence-electron chi connectivity index (χ4n) is 2.65. The van der Waals surface area contributed by atoms with E-state index < -0.39 is 0 Å². The van der Waals surface area contributed by atoms with Crippen LogP contribution in [0.5, 0.6) is 0 Å². The monoisotopic (exact) mass is 196 g/mol. The maximum absolute atomic E-state index is 2.45. The molecule has 0 aliphatic heterocycles. The minimum absolute atomic E-state index is 0.954. The van der Waals surface area contributed by atoms with Crippen LogP contribution in [-0.4, -0.2) is 0 Å². The van der Waals surface area contributed by atoms with Crippen LogP contribution in [0.2, 0.25) is 0 Å². The molecule has 2 unspecified atom stereocenters. The SMILES string of the molecule is CCCC(CCC1CCC1)C(C)CC. The zero-order valence-electron chi connectivity index (χ0n) is 10.4. The molecule has 0 saturated heterocycles. The summed E-state index contributed by atoms with van der Waals surface area (Å²) in [5.74, 6) is 3.08. The summed E-state index contributed by atoms with van der Waals surface area (Å²) in [6.07, 6.45) is 11.8. The third-order valence-electron chi connectivity index (χ3n) is 4.28. The van der Waals surface area contributed by atoms with Crippen LogP contribution in [0.3, 0.4) is 0 Å². The standard InChI is InChI=1S/C14H28/c1-4-7-14(12(3)5-2)11-10-13-8-6-9-13/h12-14H,4-11H2,1-3H3. The lowest BCUT2D eigenvalue weighted by molar-refractivity contribution is 0.231. The maximum Gasteiger partial charge on any atom is -0.0389 e. The fourth-order valence-corrected chi connectivity index (χ4v) is 2.65. The third kappa shape index (κ3) is 3.63. The van der Waals surface area contributed by atoms with Crippen LogP contribution in [0, 0.1) is 17.8 Å². The highest BCUT2D eigenvalue weighted by atomic mass is 14.3. The minimum Gasteiger partial charge on any atom is -0.0654 e. The average molecular weight is 196 g/mol. The van der Waals surface area contributed by atoms with Crippen LogP contribution in [0.25, 0.3) is 0 Å². The van der Waals surface area contributed by atoms with Crippen LogP contribution in [0.4, 0.5) is 0 Å². The second-order valence-corrected chi connectivity index (χ2v) is 5.31. The number of hydrogen-bond acceptors (Lipinski definition) is 0. The summed E-state index contributed by atoms with van der Waals surface area (Å²) in [5, 5.41) is 0. The summed E-state index contributed by atoms with van der Waals surface area (Å²) in [7, 11) is 0. The Morgan fingerprint density at radius 2 is 1.86 bits per heavy atom. The van der Waals surface area contributed by atoms with Gasteiger partial charge in [0.15, 0.2) is 0 Å². The van der Waals surface area contributed by atoms with E-state index in [1.165, 1.54) is 51.4 Å². The van der Waals surface area contributed by atoms with E-state index in [-0.39, 0.29) is 0 Å². The van der Waals surface area contributed by atoms with E-state index in [2.05, 4.69) is 20.8 Å². The third-order valence-corrected chi connectivity index (χ3v) is 4.28. The van der Waals surface area contributed by atoms with Crippen molar-refractivity contribution >= 4 is 0 Å². The maximum atomic E-state index is 2.45. The van der Waals surface area contributed by atoms with Crippen molar-refractivity contribution in [3.05, 3.63) is 0 Å². The molecule has 14 heavy (non-hydrogen) atoms. The van der Waals surface area contributed by atoms with Crippen molar-refractivity contribution in [2.75, 3.05) is 0 Å². The topological polar surface area (TPSA) is 0 Å². The van der Waals surface area contributed by atoms with E-state index >= 15 is 0 Å². The summed E-state index contributed by atoms with van der Waals surface area (Å²) >= 11 is 0. The Balaban J connectivity index is 2.19. The predicted octanol–water partition coefficient (Wildman–Crippen LogP) is 5.03. The van der Waals surface area contributed by atoms with E-state index in [1.54, 1.807) is 0 Å². The average Bonchev–Trinajstić information content (AvgIpc) is 2.13. The van der Waals surface area contributed by atoms with Gasteiger partial charge in [0.1, 0.15) is 0 Å². The van der Waals surface area contributed by atoms with E-state index in [9.17, 15) is 0 Å². The van der Waals surface area contributed by atoms with Crippen molar-refractivity contribution in [1.29, 1.82) is 0 Å². The molecule has 1 rings (SSSR count). The van der Waals surface area contributed by atoms with Gasteiger partial charge in [0.2, 0.25) is 0 Å². The molecule has 1 saturated carbocycles. The van der Waals surface area contributed by atoms with Gasteiger partial charge in [0.25, 0.3) is 0 Å². The predicted molar refractivity (Wildman–Crippen MR) is 64.4 cm³/mol. The first-order chi connectivity index (χ1) is 6.77. The first kappa shape index (κ1) is 12.1. The molecule has 0 aromatic heterocycles. The summed E-state index contributed by atoms with van der Waals surface area (Å²) in [6, 6.07) is 0. The Kier molecular flexibility index (Phi) is 5.59. The molecule has 0 aromatic carbocycles. The van der Waals surface area contributed by atoms with E-state index in [0.717, 1.165) is 17.8 Å². The van der Waals surface area contributed by atoms with Gasteiger partial charge in [-0.05, 0) is 24.2 Å². The molecule has 0 heterocycles. The molecule has 1 fully saturated rings. The van der Waals surface area contributed by atoms with E-state index in [0.29, 0.717) is 0 Å². The van der Waals surface area contributed by atoms with Crippen molar-refractivity contribution < 1.29 is 0 Å². The zero-order chi connectivity index (χ0) is 10.4. The normalized spacial score (nSPS) is 21.6. The number of hydrogen-bond donors (Lipinski definition) is 0. The van der Waals surface area contributed by atoms with E-state index in [4.69, 9.17) is 0 Å². The van der Waals surface area contributed by atoms with Crippen molar-refractivity contribution in [2.45, 2.75) is 72.1 Å². The van der Waals surface area contributed by atoms with Gasteiger partial charge < -0.3 is 0 Å². The lowest BCUT2D eigenvalue weighted by Gasteiger charge is -2.29. The molecule has 0 amide bonds. The van der Waals surface area contributed by atoms with Gasteiger partial charge in [0, 0.05) is 0 Å². The van der Waals surface area contributed by atoms with Crippen LogP contribution in [0.15, 0.2) is 0 Å². The highest BCUT2D eigenvalue weighted by Gasteiger charge is 2.21. The highest BCUT2D eigenvalue weighted by molar-refractivity contribution is 4.73. The first-order valence-electron chi connectivity index (χ1n) is 6.77. The second-order valence-electron chi connectivity index (χ2n) is 5.31. The Labute approximate surface area is 90.5 Å². The van der Waals surface area contributed by atoms with E-state index in [1.807, 2.05) is 0 Å². The molecule has 0 N–H and O–H groups in total. The summed E-state index contributed by atoms with van der Waals surface area (Å²) in [6.45, 7) is 7.12. The fraction of sp³-hybridized carbons (Fsp3) is 1.00. The smallest absolute Gasteiger partial charge is 0.0389 e. The van der Waals surface area contributed by atoms with Gasteiger partial charge in [0.05, 0.1) is 0 Å². The Bertz CT molecular complexity index is 135. The quantitative estimate of drug-likeness (QED) is 0.536. The van der Waals surface area contributed by atoms with Gasteiger partial charge >= 0.3 is 0 Å². The van der Waals surface area contributed by atoms with Gasteiger partial charge in [-0.3, -0.25) is 0 Å². The Morgan fingerprint density at radius 3 is 2.29 bits per heavy atom. The first-order valence-corrected chi connectivity index (χ1v) is 6.77. The lowest BCUT2D eigenvalue weighted by atomic mass is 9.77. The minimum atomic E-state index is 0.954. The summed E-state index contributed by atoms with van der Waals surface area (Å²) < 4.78 is 0. The molecule has 0 nitrogen and oxygen atoms in total. The molecular formula is C14H28. The molecule has 0 radical (unpaired) electrons. The van der Waals surface area contributed by atoms with Gasteiger partial charge in [-0.2, -0.15) is 0 Å². The van der Waals surface area contributed by atoms with Crippen molar-refractivity contribution in [1.82, 2.24) is 0 Å². The molecule has 0 heteroatoms. The molecule has 0 aromatic rings. The van der Waals surface area contributed by atoms with Gasteiger partial charge in [-0.25, -0.2) is 0 Å². The van der Waals surface area contributed by atoms with Crippen LogP contribution in [0.1, 0.15) is 72.1 Å². The van der Waals surface area contributed by atoms with Gasteiger partial charge in [-0.1, -0.05) is 65.7 Å². The summed E-state index contributed by atoms with van der Waals surface area (Å²) in [4.78, 5) is 0. The Hall–Kier alpha value is 0. The number of rotatable bonds is 7. The molecule has 1 aliphatic rings. The van der Waals surface area contributed by atoms with Crippen LogP contribution < -0.4 is 0 Å². The van der Waals surface area contributed by atoms with Crippen molar-refractivity contribution in [3.63, 3.8) is 0 Å². The summed E-state index contributed by atoms with van der Waals surface area (Å²) in [5.41, 5.74) is 0. The molecule has 1 aliphatic carbocycles. The Morgan fingerprint density at radius 1 is 1.14 bits per heavy atom. The lowest BCUT2D eigenvalue weighted by Crippen LogP contribution is -2.16. The van der Waals surface area contributed by atoms with Crippen LogP contribution in [-0.2, 0) is 0 Å². The molecule has 84 valence electrons. The molecule has 2 atom stereocenters. The van der Waals surface area contributed by atoms with Crippen molar-refractivity contribution in [3.8, 4) is 0 Å². The molecule has 0 bridgehead atoms. The van der Waals surface area contributed by atoms with Crippen LogP contribution >= 0.6 is 0 Å². The molecular weight excluding hydrogens is 168 g/mol.